The first-order chi connectivity index (χ1) is 17.1. The summed E-state index contributed by atoms with van der Waals surface area (Å²) in [6, 6.07) is 9.42. The summed E-state index contributed by atoms with van der Waals surface area (Å²) >= 11 is 1.54. The lowest BCUT2D eigenvalue weighted by molar-refractivity contribution is 0.0857. The van der Waals surface area contributed by atoms with Crippen molar-refractivity contribution in [2.24, 2.45) is 0 Å². The molecule has 1 unspecified atom stereocenters. The number of nitrogens with zero attached hydrogens (tertiary/aromatic N) is 2. The fourth-order valence-corrected chi connectivity index (χ4v) is 4.86. The standard InChI is InChI=1S/C26H33N3O5S/c1-18-22(26(30)27-15-21-6-4-13-33-21)14-24(29(18)11-5-12-31-2)23-17-35-25(28-23)16-34-20-9-7-19(32-3)8-10-20/h7-10,14,17,21H,4-6,11-13,15-16H2,1-3H3,(H,27,30). The number of amides is 1. The van der Waals surface area contributed by atoms with Crippen LogP contribution in [0.15, 0.2) is 35.7 Å². The Kier molecular flexibility index (Phi) is 8.79. The van der Waals surface area contributed by atoms with Crippen molar-refractivity contribution < 1.29 is 23.7 Å². The maximum absolute atomic E-state index is 13.0. The lowest BCUT2D eigenvalue weighted by Crippen LogP contribution is -2.32. The molecule has 1 aromatic carbocycles. The van der Waals surface area contributed by atoms with Gasteiger partial charge in [0.2, 0.25) is 0 Å². The third-order valence-electron chi connectivity index (χ3n) is 6.09. The number of carbonyl (C=O) groups is 1. The Morgan fingerprint density at radius 3 is 2.77 bits per heavy atom. The van der Waals surface area contributed by atoms with E-state index in [9.17, 15) is 4.79 Å². The summed E-state index contributed by atoms with van der Waals surface area (Å²) in [5, 5.41) is 5.92. The summed E-state index contributed by atoms with van der Waals surface area (Å²) in [4.78, 5) is 17.8. The van der Waals surface area contributed by atoms with Crippen LogP contribution in [0.2, 0.25) is 0 Å². The first kappa shape index (κ1) is 25.2. The van der Waals surface area contributed by atoms with E-state index in [1.165, 1.54) is 0 Å². The molecule has 1 aliphatic rings. The molecule has 0 radical (unpaired) electrons. The van der Waals surface area contributed by atoms with E-state index in [-0.39, 0.29) is 12.0 Å². The van der Waals surface area contributed by atoms with Crippen LogP contribution in [0.4, 0.5) is 0 Å². The molecule has 8 nitrogen and oxygen atoms in total. The summed E-state index contributed by atoms with van der Waals surface area (Å²) in [6.45, 7) is 5.05. The van der Waals surface area contributed by atoms with Gasteiger partial charge in [0.25, 0.3) is 5.91 Å². The van der Waals surface area contributed by atoms with Gasteiger partial charge in [-0.1, -0.05) is 0 Å². The maximum atomic E-state index is 13.0. The number of benzene rings is 1. The van der Waals surface area contributed by atoms with Gasteiger partial charge in [-0.2, -0.15) is 0 Å². The summed E-state index contributed by atoms with van der Waals surface area (Å²) in [7, 11) is 3.34. The Hall–Kier alpha value is -2.88. The van der Waals surface area contributed by atoms with Crippen molar-refractivity contribution in [2.45, 2.75) is 45.4 Å². The molecule has 35 heavy (non-hydrogen) atoms. The van der Waals surface area contributed by atoms with E-state index in [1.54, 1.807) is 25.6 Å². The topological polar surface area (TPSA) is 83.8 Å². The minimum absolute atomic E-state index is 0.0805. The average molecular weight is 500 g/mol. The SMILES string of the molecule is COCCCn1c(-c2csc(COc3ccc(OC)cc3)n2)cc(C(=O)NCC2CCCO2)c1C. The van der Waals surface area contributed by atoms with Gasteiger partial charge in [-0.05, 0) is 56.5 Å². The minimum atomic E-state index is -0.0805. The molecule has 3 heterocycles. The highest BCUT2D eigenvalue weighted by atomic mass is 32.1. The molecule has 1 N–H and O–H groups in total. The molecular formula is C26H33N3O5S. The van der Waals surface area contributed by atoms with Gasteiger partial charge >= 0.3 is 0 Å². The molecule has 0 saturated carbocycles. The van der Waals surface area contributed by atoms with Crippen LogP contribution in [-0.2, 0) is 22.6 Å². The summed E-state index contributed by atoms with van der Waals surface area (Å²) in [5.41, 5.74) is 3.35. The molecule has 3 aromatic rings. The second-order valence-corrected chi connectivity index (χ2v) is 9.41. The van der Waals surface area contributed by atoms with Gasteiger partial charge in [-0.15, -0.1) is 11.3 Å². The number of hydrogen-bond donors (Lipinski definition) is 1. The molecule has 1 saturated heterocycles. The van der Waals surface area contributed by atoms with Crippen molar-refractivity contribution >= 4 is 17.2 Å². The molecule has 1 aliphatic heterocycles. The van der Waals surface area contributed by atoms with Crippen LogP contribution in [0.3, 0.4) is 0 Å². The van der Waals surface area contributed by atoms with Gasteiger partial charge in [0.05, 0.1) is 30.2 Å². The van der Waals surface area contributed by atoms with E-state index in [1.807, 2.05) is 42.6 Å². The fraction of sp³-hybridized carbons (Fsp3) is 0.462. The molecule has 1 amide bonds. The predicted octanol–water partition coefficient (Wildman–Crippen LogP) is 4.45. The number of rotatable bonds is 12. The Bertz CT molecular complexity index is 1100. The zero-order valence-corrected chi connectivity index (χ0v) is 21.4. The zero-order valence-electron chi connectivity index (χ0n) is 20.5. The lowest BCUT2D eigenvalue weighted by Gasteiger charge is -2.12. The molecule has 188 valence electrons. The largest absolute Gasteiger partial charge is 0.497 e. The second kappa shape index (κ2) is 12.2. The van der Waals surface area contributed by atoms with Gasteiger partial charge in [0.15, 0.2) is 0 Å². The number of methoxy groups -OCH3 is 2. The average Bonchev–Trinajstić information content (AvgIpc) is 3.63. The molecule has 0 bridgehead atoms. The smallest absolute Gasteiger partial charge is 0.253 e. The summed E-state index contributed by atoms with van der Waals surface area (Å²) < 4.78 is 24.1. The highest BCUT2D eigenvalue weighted by Crippen LogP contribution is 2.29. The normalized spacial score (nSPS) is 15.3. The van der Waals surface area contributed by atoms with E-state index in [0.29, 0.717) is 25.3 Å². The first-order valence-corrected chi connectivity index (χ1v) is 12.8. The van der Waals surface area contributed by atoms with Crippen LogP contribution in [-0.4, -0.2) is 55.5 Å². The molecule has 4 rings (SSSR count). The van der Waals surface area contributed by atoms with Crippen LogP contribution in [0.1, 0.15) is 40.3 Å². The van der Waals surface area contributed by atoms with Crippen molar-refractivity contribution in [1.29, 1.82) is 0 Å². The van der Waals surface area contributed by atoms with E-state index < -0.39 is 0 Å². The predicted molar refractivity (Wildman–Crippen MR) is 135 cm³/mol. The van der Waals surface area contributed by atoms with Crippen LogP contribution >= 0.6 is 11.3 Å². The number of thiazole rings is 1. The number of hydrogen-bond acceptors (Lipinski definition) is 7. The van der Waals surface area contributed by atoms with Crippen molar-refractivity contribution in [3.8, 4) is 22.9 Å². The first-order valence-electron chi connectivity index (χ1n) is 11.9. The van der Waals surface area contributed by atoms with Crippen LogP contribution < -0.4 is 14.8 Å². The van der Waals surface area contributed by atoms with Crippen LogP contribution in [0.5, 0.6) is 11.5 Å². The summed E-state index contributed by atoms with van der Waals surface area (Å²) in [5.74, 6) is 1.46. The fourth-order valence-electron chi connectivity index (χ4n) is 4.16. The van der Waals surface area contributed by atoms with Gasteiger partial charge in [0.1, 0.15) is 23.1 Å². The zero-order chi connectivity index (χ0) is 24.6. The van der Waals surface area contributed by atoms with Crippen molar-refractivity contribution in [3.05, 3.63) is 52.0 Å². The maximum Gasteiger partial charge on any atom is 0.253 e. The molecule has 2 aromatic heterocycles. The molecule has 9 heteroatoms. The molecule has 1 fully saturated rings. The highest BCUT2D eigenvalue weighted by molar-refractivity contribution is 7.09. The lowest BCUT2D eigenvalue weighted by atomic mass is 10.2. The van der Waals surface area contributed by atoms with E-state index in [2.05, 4.69) is 9.88 Å². The minimum Gasteiger partial charge on any atom is -0.497 e. The third-order valence-corrected chi connectivity index (χ3v) is 6.91. The quantitative estimate of drug-likeness (QED) is 0.371. The van der Waals surface area contributed by atoms with Crippen molar-refractivity contribution in [1.82, 2.24) is 14.9 Å². The summed E-state index contributed by atoms with van der Waals surface area (Å²) in [6.07, 6.45) is 2.99. The Morgan fingerprint density at radius 2 is 2.06 bits per heavy atom. The van der Waals surface area contributed by atoms with Gasteiger partial charge in [-0.3, -0.25) is 4.79 Å². The molecule has 0 aliphatic carbocycles. The Labute approximate surface area is 210 Å². The Morgan fingerprint density at radius 1 is 1.26 bits per heavy atom. The number of aromatic nitrogens is 2. The van der Waals surface area contributed by atoms with E-state index in [0.717, 1.165) is 66.0 Å². The molecular weight excluding hydrogens is 466 g/mol. The van der Waals surface area contributed by atoms with Crippen molar-refractivity contribution in [2.75, 3.05) is 34.0 Å². The molecule has 0 spiro atoms. The monoisotopic (exact) mass is 499 g/mol. The Balaban J connectivity index is 1.48. The highest BCUT2D eigenvalue weighted by Gasteiger charge is 2.22. The van der Waals surface area contributed by atoms with Gasteiger partial charge in [-0.25, -0.2) is 4.98 Å². The molecule has 1 atom stereocenters. The van der Waals surface area contributed by atoms with E-state index in [4.69, 9.17) is 23.9 Å². The van der Waals surface area contributed by atoms with Crippen molar-refractivity contribution in [3.63, 3.8) is 0 Å². The third kappa shape index (κ3) is 6.42. The number of ether oxygens (including phenoxy) is 4. The van der Waals surface area contributed by atoms with Gasteiger partial charge < -0.3 is 28.8 Å². The number of nitrogens with one attached hydrogen (secondary N) is 1. The number of carbonyl (C=O) groups excluding carboxylic acids is 1. The second-order valence-electron chi connectivity index (χ2n) is 8.46. The van der Waals surface area contributed by atoms with E-state index >= 15 is 0 Å². The van der Waals surface area contributed by atoms with Gasteiger partial charge in [0, 0.05) is 44.5 Å². The van der Waals surface area contributed by atoms with Crippen LogP contribution in [0.25, 0.3) is 11.4 Å². The van der Waals surface area contributed by atoms with Crippen LogP contribution in [0, 0.1) is 6.92 Å².